The van der Waals surface area contributed by atoms with E-state index < -0.39 is 0 Å². The van der Waals surface area contributed by atoms with Gasteiger partial charge in [0.2, 0.25) is 0 Å². The smallest absolute Gasteiger partial charge is 0.276 e. The van der Waals surface area contributed by atoms with Crippen LogP contribution in [0.1, 0.15) is 16.2 Å². The Kier molecular flexibility index (Phi) is 3.70. The average Bonchev–Trinajstić information content (AvgIpc) is 2.85. The molecule has 0 aliphatic carbocycles. The Bertz CT molecular complexity index is 570. The second kappa shape index (κ2) is 5.43. The molecule has 0 aliphatic rings. The topological polar surface area (TPSA) is 76.2 Å². The van der Waals surface area contributed by atoms with Gasteiger partial charge in [0.15, 0.2) is 5.69 Å². The van der Waals surface area contributed by atoms with Crippen molar-refractivity contribution in [2.24, 2.45) is 0 Å². The summed E-state index contributed by atoms with van der Waals surface area (Å²) in [4.78, 5) is 12.0. The van der Waals surface area contributed by atoms with Crippen molar-refractivity contribution in [1.29, 1.82) is 0 Å². The van der Waals surface area contributed by atoms with E-state index in [1.807, 2.05) is 6.92 Å². The predicted molar refractivity (Wildman–Crippen MR) is 70.8 cm³/mol. The first-order chi connectivity index (χ1) is 9.12. The molecule has 100 valence electrons. The number of hydrogen-bond acceptors (Lipinski definition) is 4. The molecule has 1 amide bonds. The van der Waals surface area contributed by atoms with Crippen molar-refractivity contribution in [1.82, 2.24) is 10.2 Å². The summed E-state index contributed by atoms with van der Waals surface area (Å²) < 4.78 is 10.3. The van der Waals surface area contributed by atoms with E-state index >= 15 is 0 Å². The molecule has 19 heavy (non-hydrogen) atoms. The van der Waals surface area contributed by atoms with Gasteiger partial charge in [0.25, 0.3) is 5.91 Å². The highest BCUT2D eigenvalue weighted by molar-refractivity contribution is 6.03. The Morgan fingerprint density at radius 3 is 2.26 bits per heavy atom. The zero-order valence-electron chi connectivity index (χ0n) is 11.0. The summed E-state index contributed by atoms with van der Waals surface area (Å²) in [5, 5.41) is 9.36. The molecule has 2 aromatic rings. The van der Waals surface area contributed by atoms with E-state index in [-0.39, 0.29) is 5.91 Å². The van der Waals surface area contributed by atoms with Gasteiger partial charge >= 0.3 is 0 Å². The van der Waals surface area contributed by atoms with Gasteiger partial charge in [-0.1, -0.05) is 0 Å². The molecule has 0 aliphatic heterocycles. The van der Waals surface area contributed by atoms with Crippen molar-refractivity contribution < 1.29 is 14.3 Å². The maximum Gasteiger partial charge on any atom is 0.276 e. The van der Waals surface area contributed by atoms with Crippen molar-refractivity contribution in [3.63, 3.8) is 0 Å². The highest BCUT2D eigenvalue weighted by atomic mass is 16.5. The van der Waals surface area contributed by atoms with Crippen LogP contribution in [-0.4, -0.2) is 30.3 Å². The lowest BCUT2D eigenvalue weighted by Crippen LogP contribution is -2.12. The van der Waals surface area contributed by atoms with Gasteiger partial charge in [-0.3, -0.25) is 9.89 Å². The number of anilines is 1. The minimum Gasteiger partial charge on any atom is -0.497 e. The third kappa shape index (κ3) is 3.04. The summed E-state index contributed by atoms with van der Waals surface area (Å²) in [5.74, 6) is 0.917. The predicted octanol–water partition coefficient (Wildman–Crippen LogP) is 1.99. The highest BCUT2D eigenvalue weighted by Crippen LogP contribution is 2.25. The Morgan fingerprint density at radius 1 is 1.16 bits per heavy atom. The van der Waals surface area contributed by atoms with Crippen LogP contribution in [0.3, 0.4) is 0 Å². The lowest BCUT2D eigenvalue weighted by atomic mass is 10.2. The van der Waals surface area contributed by atoms with Gasteiger partial charge in [-0.2, -0.15) is 5.10 Å². The Morgan fingerprint density at radius 2 is 1.79 bits per heavy atom. The van der Waals surface area contributed by atoms with Crippen LogP contribution in [-0.2, 0) is 0 Å². The van der Waals surface area contributed by atoms with Crippen LogP contribution in [0.4, 0.5) is 5.69 Å². The first-order valence-electron chi connectivity index (χ1n) is 5.69. The summed E-state index contributed by atoms with van der Waals surface area (Å²) in [6.45, 7) is 1.83. The second-order valence-electron chi connectivity index (χ2n) is 3.99. The van der Waals surface area contributed by atoms with Gasteiger partial charge in [-0.15, -0.1) is 0 Å². The van der Waals surface area contributed by atoms with Crippen LogP contribution < -0.4 is 14.8 Å². The van der Waals surface area contributed by atoms with Crippen molar-refractivity contribution in [2.75, 3.05) is 19.5 Å². The molecule has 0 saturated carbocycles. The zero-order chi connectivity index (χ0) is 13.8. The summed E-state index contributed by atoms with van der Waals surface area (Å²) in [6.07, 6.45) is 0. The summed E-state index contributed by atoms with van der Waals surface area (Å²) >= 11 is 0. The number of aromatic nitrogens is 2. The number of ether oxygens (including phenoxy) is 2. The van der Waals surface area contributed by atoms with E-state index in [1.54, 1.807) is 38.5 Å². The zero-order valence-corrected chi connectivity index (χ0v) is 11.0. The lowest BCUT2D eigenvalue weighted by Gasteiger charge is -2.08. The van der Waals surface area contributed by atoms with E-state index in [1.165, 1.54) is 0 Å². The van der Waals surface area contributed by atoms with Crippen molar-refractivity contribution >= 4 is 11.6 Å². The molecular formula is C13H15N3O3. The summed E-state index contributed by atoms with van der Waals surface area (Å²) in [6, 6.07) is 6.82. The quantitative estimate of drug-likeness (QED) is 0.882. The average molecular weight is 261 g/mol. The molecule has 6 heteroatoms. The highest BCUT2D eigenvalue weighted by Gasteiger charge is 2.11. The molecule has 2 rings (SSSR count). The monoisotopic (exact) mass is 261 g/mol. The number of benzene rings is 1. The third-order valence-electron chi connectivity index (χ3n) is 2.55. The van der Waals surface area contributed by atoms with E-state index in [0.717, 1.165) is 5.69 Å². The van der Waals surface area contributed by atoms with Crippen molar-refractivity contribution in [3.8, 4) is 11.5 Å². The van der Waals surface area contributed by atoms with Gasteiger partial charge in [-0.05, 0) is 13.0 Å². The molecule has 6 nitrogen and oxygen atoms in total. The normalized spacial score (nSPS) is 10.1. The minimum absolute atomic E-state index is 0.292. The molecule has 1 aromatic carbocycles. The van der Waals surface area contributed by atoms with Gasteiger partial charge in [-0.25, -0.2) is 0 Å². The van der Waals surface area contributed by atoms with Crippen LogP contribution in [0.2, 0.25) is 0 Å². The fourth-order valence-corrected chi connectivity index (χ4v) is 1.61. The number of aromatic amines is 1. The largest absolute Gasteiger partial charge is 0.497 e. The second-order valence-corrected chi connectivity index (χ2v) is 3.99. The third-order valence-corrected chi connectivity index (χ3v) is 2.55. The fraction of sp³-hybridized carbons (Fsp3) is 0.231. The van der Waals surface area contributed by atoms with E-state index in [4.69, 9.17) is 9.47 Å². The van der Waals surface area contributed by atoms with Crippen LogP contribution >= 0.6 is 0 Å². The molecule has 0 spiro atoms. The van der Waals surface area contributed by atoms with Crippen LogP contribution in [0, 0.1) is 6.92 Å². The number of rotatable bonds is 4. The molecule has 0 atom stereocenters. The van der Waals surface area contributed by atoms with E-state index in [9.17, 15) is 4.79 Å². The van der Waals surface area contributed by atoms with E-state index in [0.29, 0.717) is 22.9 Å². The summed E-state index contributed by atoms with van der Waals surface area (Å²) in [7, 11) is 3.11. The first kappa shape index (κ1) is 12.9. The number of methoxy groups -OCH3 is 2. The number of carbonyl (C=O) groups excluding carboxylic acids is 1. The number of nitrogens with one attached hydrogen (secondary N) is 2. The van der Waals surface area contributed by atoms with E-state index in [2.05, 4.69) is 15.5 Å². The summed E-state index contributed by atoms with van der Waals surface area (Å²) in [5.41, 5.74) is 1.74. The Balaban J connectivity index is 2.20. The van der Waals surface area contributed by atoms with Crippen molar-refractivity contribution in [3.05, 3.63) is 35.7 Å². The molecule has 0 fully saturated rings. The molecule has 2 N–H and O–H groups in total. The van der Waals surface area contributed by atoms with Crippen molar-refractivity contribution in [2.45, 2.75) is 6.92 Å². The van der Waals surface area contributed by atoms with Gasteiger partial charge in [0, 0.05) is 29.6 Å². The fourth-order valence-electron chi connectivity index (χ4n) is 1.61. The maximum atomic E-state index is 12.0. The standard InChI is InChI=1S/C13H15N3O3/c1-8-4-12(16-15-8)13(17)14-9-5-10(18-2)7-11(6-9)19-3/h4-7H,1-3H3,(H,14,17)(H,15,16). The number of nitrogens with zero attached hydrogens (tertiary/aromatic N) is 1. The number of aryl methyl sites for hydroxylation is 1. The number of hydrogen-bond donors (Lipinski definition) is 2. The molecule has 1 aromatic heterocycles. The SMILES string of the molecule is COc1cc(NC(=O)c2cc(C)[nH]n2)cc(OC)c1. The lowest BCUT2D eigenvalue weighted by molar-refractivity contribution is 0.102. The van der Waals surface area contributed by atoms with Gasteiger partial charge in [0.05, 0.1) is 14.2 Å². The number of H-pyrrole nitrogens is 1. The van der Waals surface area contributed by atoms with Gasteiger partial charge in [0.1, 0.15) is 11.5 Å². The minimum atomic E-state index is -0.292. The van der Waals surface area contributed by atoms with Gasteiger partial charge < -0.3 is 14.8 Å². The number of amides is 1. The molecule has 0 bridgehead atoms. The Hall–Kier alpha value is -2.50. The van der Waals surface area contributed by atoms with Crippen LogP contribution in [0.5, 0.6) is 11.5 Å². The number of carbonyl (C=O) groups is 1. The molecular weight excluding hydrogens is 246 g/mol. The van der Waals surface area contributed by atoms with Crippen LogP contribution in [0.25, 0.3) is 0 Å². The maximum absolute atomic E-state index is 12.0. The Labute approximate surface area is 110 Å². The molecule has 0 saturated heterocycles. The molecule has 0 radical (unpaired) electrons. The molecule has 1 heterocycles. The first-order valence-corrected chi connectivity index (χ1v) is 5.69. The molecule has 0 unspecified atom stereocenters. The van der Waals surface area contributed by atoms with Crippen LogP contribution in [0.15, 0.2) is 24.3 Å².